The molecule has 0 aromatic rings. The average molecular weight is 151 g/mol. The molecule has 2 fully saturated rings. The molecule has 0 aromatic heterocycles. The summed E-state index contributed by atoms with van der Waals surface area (Å²) in [5.74, 6) is 2.06. The van der Waals surface area contributed by atoms with Crippen LogP contribution in [0.2, 0.25) is 0 Å². The van der Waals surface area contributed by atoms with E-state index in [0.29, 0.717) is 0 Å². The summed E-state index contributed by atoms with van der Waals surface area (Å²) in [6, 6.07) is 0.857. The number of fused-ring (bicyclic) bond motifs is 1. The second-order valence-corrected chi connectivity index (χ2v) is 3.83. The second-order valence-electron chi connectivity index (χ2n) is 3.83. The van der Waals surface area contributed by atoms with Gasteiger partial charge in [-0.1, -0.05) is 18.9 Å². The monoisotopic (exact) mass is 151 g/mol. The first kappa shape index (κ1) is 7.35. The molecule has 1 heteroatoms. The molecule has 2 rings (SSSR count). The Morgan fingerprint density at radius 1 is 1.27 bits per heavy atom. The fraction of sp³-hybridized carbons (Fsp3) is 0.800. The Hall–Kier alpha value is -0.300. The molecule has 2 aliphatic rings. The van der Waals surface area contributed by atoms with Gasteiger partial charge in [-0.05, 0) is 24.7 Å². The van der Waals surface area contributed by atoms with E-state index in [2.05, 4.69) is 11.9 Å². The van der Waals surface area contributed by atoms with Crippen molar-refractivity contribution in [2.24, 2.45) is 11.8 Å². The molecular weight excluding hydrogens is 134 g/mol. The van der Waals surface area contributed by atoms with Crippen molar-refractivity contribution in [3.8, 4) is 0 Å². The molecule has 2 aliphatic carbocycles. The standard InChI is InChI=1S/C10H17N/c1-2-7-11-10-8-5-3-4-6-9(8)10/h2,8-11H,1,3-7H2. The fourth-order valence-corrected chi connectivity index (χ4v) is 2.51. The fourth-order valence-electron chi connectivity index (χ4n) is 2.51. The van der Waals surface area contributed by atoms with E-state index >= 15 is 0 Å². The Bertz CT molecular complexity index is 141. The smallest absolute Gasteiger partial charge is 0.0135 e. The van der Waals surface area contributed by atoms with Gasteiger partial charge in [0.15, 0.2) is 0 Å². The maximum atomic E-state index is 3.72. The molecule has 2 atom stereocenters. The maximum absolute atomic E-state index is 3.72. The van der Waals surface area contributed by atoms with E-state index in [-0.39, 0.29) is 0 Å². The maximum Gasteiger partial charge on any atom is 0.0135 e. The van der Waals surface area contributed by atoms with Crippen LogP contribution in [0.4, 0.5) is 0 Å². The Morgan fingerprint density at radius 2 is 1.91 bits per heavy atom. The van der Waals surface area contributed by atoms with Crippen LogP contribution in [0.1, 0.15) is 25.7 Å². The largest absolute Gasteiger partial charge is 0.310 e. The van der Waals surface area contributed by atoms with E-state index in [9.17, 15) is 0 Å². The Labute approximate surface area is 68.9 Å². The normalized spacial score (nSPS) is 41.3. The lowest BCUT2D eigenvalue weighted by Crippen LogP contribution is -2.18. The lowest BCUT2D eigenvalue weighted by atomic mass is 10.0. The van der Waals surface area contributed by atoms with Gasteiger partial charge in [-0.15, -0.1) is 6.58 Å². The summed E-state index contributed by atoms with van der Waals surface area (Å²) in [5, 5.41) is 3.53. The van der Waals surface area contributed by atoms with Gasteiger partial charge in [-0.25, -0.2) is 0 Å². The zero-order chi connectivity index (χ0) is 7.68. The summed E-state index contributed by atoms with van der Waals surface area (Å²) in [6.07, 6.45) is 7.84. The van der Waals surface area contributed by atoms with Gasteiger partial charge in [0.05, 0.1) is 0 Å². The van der Waals surface area contributed by atoms with Gasteiger partial charge in [-0.3, -0.25) is 0 Å². The van der Waals surface area contributed by atoms with Gasteiger partial charge in [0, 0.05) is 12.6 Å². The van der Waals surface area contributed by atoms with Crippen LogP contribution in [0, 0.1) is 11.8 Å². The van der Waals surface area contributed by atoms with Crippen molar-refractivity contribution in [3.63, 3.8) is 0 Å². The third-order valence-corrected chi connectivity index (χ3v) is 3.15. The van der Waals surface area contributed by atoms with E-state index in [1.165, 1.54) is 25.7 Å². The lowest BCUT2D eigenvalue weighted by molar-refractivity contribution is 0.480. The van der Waals surface area contributed by atoms with Crippen LogP contribution in [-0.4, -0.2) is 12.6 Å². The highest BCUT2D eigenvalue weighted by atomic mass is 15.0. The van der Waals surface area contributed by atoms with Crippen molar-refractivity contribution in [3.05, 3.63) is 12.7 Å². The highest BCUT2D eigenvalue weighted by Crippen LogP contribution is 2.49. The van der Waals surface area contributed by atoms with Crippen molar-refractivity contribution >= 4 is 0 Å². The molecule has 62 valence electrons. The molecule has 0 aliphatic heterocycles. The molecular formula is C10H17N. The molecule has 0 heterocycles. The summed E-state index contributed by atoms with van der Waals surface area (Å²) in [4.78, 5) is 0. The van der Waals surface area contributed by atoms with Gasteiger partial charge in [0.1, 0.15) is 0 Å². The van der Waals surface area contributed by atoms with Gasteiger partial charge in [-0.2, -0.15) is 0 Å². The highest BCUT2D eigenvalue weighted by Gasteiger charge is 2.49. The zero-order valence-electron chi connectivity index (χ0n) is 7.05. The lowest BCUT2D eigenvalue weighted by Gasteiger charge is -2.04. The summed E-state index contributed by atoms with van der Waals surface area (Å²) < 4.78 is 0. The Morgan fingerprint density at radius 3 is 2.45 bits per heavy atom. The van der Waals surface area contributed by atoms with Crippen molar-refractivity contribution in [2.75, 3.05) is 6.54 Å². The van der Waals surface area contributed by atoms with Gasteiger partial charge >= 0.3 is 0 Å². The minimum atomic E-state index is 0.857. The van der Waals surface area contributed by atoms with E-state index in [0.717, 1.165) is 24.4 Å². The minimum absolute atomic E-state index is 0.857. The van der Waals surface area contributed by atoms with Crippen LogP contribution >= 0.6 is 0 Å². The summed E-state index contributed by atoms with van der Waals surface area (Å²) >= 11 is 0. The highest BCUT2D eigenvalue weighted by molar-refractivity contribution is 5.05. The summed E-state index contributed by atoms with van der Waals surface area (Å²) in [5.41, 5.74) is 0. The molecule has 1 N–H and O–H groups in total. The third-order valence-electron chi connectivity index (χ3n) is 3.15. The molecule has 0 spiro atoms. The van der Waals surface area contributed by atoms with Crippen molar-refractivity contribution in [1.82, 2.24) is 5.32 Å². The first-order valence-corrected chi connectivity index (χ1v) is 4.78. The Balaban J connectivity index is 1.76. The van der Waals surface area contributed by atoms with Gasteiger partial charge < -0.3 is 5.32 Å². The molecule has 0 radical (unpaired) electrons. The third kappa shape index (κ3) is 1.34. The van der Waals surface area contributed by atoms with Gasteiger partial charge in [0.25, 0.3) is 0 Å². The molecule has 11 heavy (non-hydrogen) atoms. The predicted molar refractivity (Wildman–Crippen MR) is 47.4 cm³/mol. The van der Waals surface area contributed by atoms with Crippen LogP contribution < -0.4 is 5.32 Å². The molecule has 2 unspecified atom stereocenters. The zero-order valence-corrected chi connectivity index (χ0v) is 7.05. The quantitative estimate of drug-likeness (QED) is 0.608. The number of hydrogen-bond donors (Lipinski definition) is 1. The topological polar surface area (TPSA) is 12.0 Å². The average Bonchev–Trinajstić information content (AvgIpc) is 2.75. The second kappa shape index (κ2) is 2.98. The molecule has 1 nitrogen and oxygen atoms in total. The van der Waals surface area contributed by atoms with Gasteiger partial charge in [0.2, 0.25) is 0 Å². The van der Waals surface area contributed by atoms with Crippen LogP contribution in [-0.2, 0) is 0 Å². The Kier molecular flexibility index (Phi) is 1.99. The number of nitrogens with one attached hydrogen (secondary N) is 1. The molecule has 0 aromatic carbocycles. The van der Waals surface area contributed by atoms with E-state index in [1.807, 2.05) is 6.08 Å². The summed E-state index contributed by atoms with van der Waals surface area (Å²) in [7, 11) is 0. The van der Waals surface area contributed by atoms with Crippen molar-refractivity contribution in [2.45, 2.75) is 31.7 Å². The molecule has 0 saturated heterocycles. The van der Waals surface area contributed by atoms with E-state index in [1.54, 1.807) is 0 Å². The number of rotatable bonds is 3. The van der Waals surface area contributed by atoms with E-state index in [4.69, 9.17) is 0 Å². The van der Waals surface area contributed by atoms with Crippen molar-refractivity contribution < 1.29 is 0 Å². The minimum Gasteiger partial charge on any atom is -0.310 e. The van der Waals surface area contributed by atoms with Crippen LogP contribution in [0.15, 0.2) is 12.7 Å². The predicted octanol–water partition coefficient (Wildman–Crippen LogP) is 1.95. The molecule has 2 saturated carbocycles. The van der Waals surface area contributed by atoms with Crippen LogP contribution in [0.5, 0.6) is 0 Å². The molecule has 0 amide bonds. The first-order valence-electron chi connectivity index (χ1n) is 4.78. The van der Waals surface area contributed by atoms with Crippen LogP contribution in [0.3, 0.4) is 0 Å². The number of hydrogen-bond acceptors (Lipinski definition) is 1. The molecule has 0 bridgehead atoms. The first-order chi connectivity index (χ1) is 5.43. The SMILES string of the molecule is C=CCNC1C2CCCCC21. The van der Waals surface area contributed by atoms with Crippen molar-refractivity contribution in [1.29, 1.82) is 0 Å². The van der Waals surface area contributed by atoms with E-state index < -0.39 is 0 Å². The van der Waals surface area contributed by atoms with Crippen LogP contribution in [0.25, 0.3) is 0 Å². The summed E-state index contributed by atoms with van der Waals surface area (Å²) in [6.45, 7) is 4.71.